The normalized spacial score (nSPS) is 20.9. The Labute approximate surface area is 124 Å². The quantitative estimate of drug-likeness (QED) is 0.870. The molecule has 1 saturated carbocycles. The molecule has 21 heavy (non-hydrogen) atoms. The van der Waals surface area contributed by atoms with E-state index in [4.69, 9.17) is 0 Å². The molecule has 2 aromatic rings. The fourth-order valence-electron chi connectivity index (χ4n) is 2.95. The number of hydrogen-bond acceptors (Lipinski definition) is 2. The predicted molar refractivity (Wildman–Crippen MR) is 83.4 cm³/mol. The van der Waals surface area contributed by atoms with Gasteiger partial charge in [-0.2, -0.15) is 0 Å². The molecular formula is C18H20FNO. The van der Waals surface area contributed by atoms with E-state index in [1.54, 1.807) is 0 Å². The topological polar surface area (TPSA) is 32.3 Å². The molecule has 0 unspecified atom stereocenters. The van der Waals surface area contributed by atoms with Crippen molar-refractivity contribution in [3.63, 3.8) is 0 Å². The van der Waals surface area contributed by atoms with Crippen molar-refractivity contribution in [1.29, 1.82) is 0 Å². The van der Waals surface area contributed by atoms with E-state index in [2.05, 4.69) is 5.32 Å². The molecule has 0 bridgehead atoms. The maximum atomic E-state index is 12.9. The van der Waals surface area contributed by atoms with Crippen LogP contribution in [0, 0.1) is 19.7 Å². The second kappa shape index (κ2) is 5.40. The Morgan fingerprint density at radius 3 is 2.38 bits per heavy atom. The summed E-state index contributed by atoms with van der Waals surface area (Å²) in [5.41, 5.74) is 4.01. The summed E-state index contributed by atoms with van der Waals surface area (Å²) in [5, 5.41) is 13.5. The van der Waals surface area contributed by atoms with Crippen LogP contribution in [0.25, 0.3) is 0 Å². The molecule has 2 nitrogen and oxygen atoms in total. The van der Waals surface area contributed by atoms with Crippen LogP contribution in [0.3, 0.4) is 0 Å². The maximum absolute atomic E-state index is 12.9. The summed E-state index contributed by atoms with van der Waals surface area (Å²) in [5.74, 6) is 0.690. The number of aromatic hydroxyl groups is 1. The molecule has 0 heterocycles. The van der Waals surface area contributed by atoms with Crippen molar-refractivity contribution in [1.82, 2.24) is 0 Å². The minimum absolute atomic E-state index is 0.182. The number of phenolic OH excluding ortho intramolecular Hbond substituents is 1. The van der Waals surface area contributed by atoms with E-state index in [1.807, 2.05) is 38.1 Å². The van der Waals surface area contributed by atoms with Crippen LogP contribution in [0.5, 0.6) is 5.75 Å². The van der Waals surface area contributed by atoms with Gasteiger partial charge >= 0.3 is 0 Å². The van der Waals surface area contributed by atoms with Gasteiger partial charge in [0.1, 0.15) is 11.6 Å². The number of nitrogens with one attached hydrogen (secondary N) is 1. The van der Waals surface area contributed by atoms with Gasteiger partial charge in [-0.15, -0.1) is 0 Å². The van der Waals surface area contributed by atoms with Gasteiger partial charge in [-0.1, -0.05) is 18.2 Å². The van der Waals surface area contributed by atoms with Gasteiger partial charge in [-0.3, -0.25) is 0 Å². The van der Waals surface area contributed by atoms with Crippen molar-refractivity contribution in [3.05, 3.63) is 58.9 Å². The van der Waals surface area contributed by atoms with Crippen LogP contribution in [0.2, 0.25) is 0 Å². The Kier molecular flexibility index (Phi) is 3.58. The molecule has 0 amide bonds. The third-order valence-electron chi connectivity index (χ3n) is 4.47. The van der Waals surface area contributed by atoms with Gasteiger partial charge in [-0.05, 0) is 61.9 Å². The zero-order chi connectivity index (χ0) is 15.0. The Morgan fingerprint density at radius 1 is 1.05 bits per heavy atom. The molecule has 0 radical (unpaired) electrons. The summed E-state index contributed by atoms with van der Waals surface area (Å²) >= 11 is 0. The number of aryl methyl sites for hydroxylation is 1. The fraction of sp³-hybridized carbons (Fsp3) is 0.333. The van der Waals surface area contributed by atoms with E-state index in [0.717, 1.165) is 29.7 Å². The van der Waals surface area contributed by atoms with E-state index in [9.17, 15) is 9.50 Å². The van der Waals surface area contributed by atoms with E-state index >= 15 is 0 Å². The molecule has 1 aliphatic rings. The third kappa shape index (κ3) is 2.73. The summed E-state index contributed by atoms with van der Waals surface area (Å²) < 4.78 is 12.9. The summed E-state index contributed by atoms with van der Waals surface area (Å²) in [6.45, 7) is 3.83. The number of hydrogen-bond donors (Lipinski definition) is 2. The second-order valence-corrected chi connectivity index (χ2v) is 5.96. The molecular weight excluding hydrogens is 265 g/mol. The average molecular weight is 285 g/mol. The van der Waals surface area contributed by atoms with Gasteiger partial charge in [-0.25, -0.2) is 4.39 Å². The van der Waals surface area contributed by atoms with Crippen LogP contribution < -0.4 is 5.32 Å². The Balaban J connectivity index is 1.62. The molecule has 2 N–H and O–H groups in total. The number of halogens is 1. The van der Waals surface area contributed by atoms with Crippen molar-refractivity contribution in [2.75, 3.05) is 5.32 Å². The monoisotopic (exact) mass is 285 g/mol. The highest BCUT2D eigenvalue weighted by molar-refractivity contribution is 5.59. The van der Waals surface area contributed by atoms with Crippen LogP contribution >= 0.6 is 0 Å². The Bertz CT molecular complexity index is 645. The zero-order valence-corrected chi connectivity index (χ0v) is 12.4. The van der Waals surface area contributed by atoms with Crippen molar-refractivity contribution in [2.24, 2.45) is 0 Å². The summed E-state index contributed by atoms with van der Waals surface area (Å²) in [6, 6.07) is 11.2. The largest absolute Gasteiger partial charge is 0.507 e. The first-order valence-electron chi connectivity index (χ1n) is 7.35. The summed E-state index contributed by atoms with van der Waals surface area (Å²) in [7, 11) is 0. The highest BCUT2D eigenvalue weighted by Gasteiger charge is 2.30. The molecule has 0 spiro atoms. The first-order chi connectivity index (χ1) is 10.0. The zero-order valence-electron chi connectivity index (χ0n) is 12.4. The first-order valence-corrected chi connectivity index (χ1v) is 7.35. The smallest absolute Gasteiger partial charge is 0.123 e. The summed E-state index contributed by atoms with van der Waals surface area (Å²) in [4.78, 5) is 0. The van der Waals surface area contributed by atoms with Crippen LogP contribution in [-0.2, 0) is 0 Å². The molecule has 1 fully saturated rings. The number of rotatable bonds is 3. The van der Waals surface area contributed by atoms with Crippen molar-refractivity contribution < 1.29 is 9.50 Å². The van der Waals surface area contributed by atoms with E-state index in [0.29, 0.717) is 17.7 Å². The van der Waals surface area contributed by atoms with Crippen molar-refractivity contribution in [3.8, 4) is 5.75 Å². The van der Waals surface area contributed by atoms with Crippen molar-refractivity contribution >= 4 is 5.69 Å². The lowest BCUT2D eigenvalue weighted by Gasteiger charge is -2.37. The standard InChI is InChI=1S/C18H20FNO/c1-11-3-8-17(12(2)18(11)21)20-16-9-14(10-16)13-4-6-15(19)7-5-13/h3-8,14,16,20-21H,9-10H2,1-2H3. The van der Waals surface area contributed by atoms with Gasteiger partial charge in [0.25, 0.3) is 0 Å². The van der Waals surface area contributed by atoms with Gasteiger partial charge in [0.15, 0.2) is 0 Å². The molecule has 0 saturated heterocycles. The highest BCUT2D eigenvalue weighted by atomic mass is 19.1. The molecule has 110 valence electrons. The molecule has 3 heteroatoms. The summed E-state index contributed by atoms with van der Waals surface area (Å²) in [6.07, 6.45) is 2.08. The lowest BCUT2D eigenvalue weighted by Crippen LogP contribution is -2.34. The van der Waals surface area contributed by atoms with Gasteiger partial charge in [0, 0.05) is 17.3 Å². The molecule has 0 atom stereocenters. The SMILES string of the molecule is Cc1ccc(NC2CC(c3ccc(F)cc3)C2)c(C)c1O. The molecule has 1 aliphatic carbocycles. The van der Waals surface area contributed by atoms with E-state index < -0.39 is 0 Å². The number of anilines is 1. The fourth-order valence-corrected chi connectivity index (χ4v) is 2.95. The Hall–Kier alpha value is -2.03. The first kappa shape index (κ1) is 13.9. The molecule has 2 aromatic carbocycles. The van der Waals surface area contributed by atoms with Crippen LogP contribution in [0.15, 0.2) is 36.4 Å². The van der Waals surface area contributed by atoms with E-state index in [-0.39, 0.29) is 5.82 Å². The minimum Gasteiger partial charge on any atom is -0.507 e. The van der Waals surface area contributed by atoms with Crippen LogP contribution in [0.4, 0.5) is 10.1 Å². The highest BCUT2D eigenvalue weighted by Crippen LogP contribution is 2.39. The second-order valence-electron chi connectivity index (χ2n) is 5.96. The molecule has 3 rings (SSSR count). The number of phenols is 1. The van der Waals surface area contributed by atoms with Gasteiger partial charge in [0.05, 0.1) is 0 Å². The van der Waals surface area contributed by atoms with E-state index in [1.165, 1.54) is 17.7 Å². The van der Waals surface area contributed by atoms with Gasteiger partial charge in [0.2, 0.25) is 0 Å². The van der Waals surface area contributed by atoms with Crippen LogP contribution in [0.1, 0.15) is 35.4 Å². The van der Waals surface area contributed by atoms with Gasteiger partial charge < -0.3 is 10.4 Å². The predicted octanol–water partition coefficient (Wildman–Crippen LogP) is 4.51. The van der Waals surface area contributed by atoms with Crippen LogP contribution in [-0.4, -0.2) is 11.1 Å². The molecule has 0 aromatic heterocycles. The molecule has 0 aliphatic heterocycles. The van der Waals surface area contributed by atoms with Crippen molar-refractivity contribution in [2.45, 2.75) is 38.6 Å². The number of benzene rings is 2. The minimum atomic E-state index is -0.182. The lowest BCUT2D eigenvalue weighted by atomic mass is 9.75. The lowest BCUT2D eigenvalue weighted by molar-refractivity contribution is 0.373. The maximum Gasteiger partial charge on any atom is 0.123 e. The average Bonchev–Trinajstić information content (AvgIpc) is 2.43. The Morgan fingerprint density at radius 2 is 1.71 bits per heavy atom. The third-order valence-corrected chi connectivity index (χ3v) is 4.47.